The minimum Gasteiger partial charge on any atom is -0.394 e. The molecule has 22 heavy (non-hydrogen) atoms. The Bertz CT molecular complexity index is 698. The number of nitrogens with one attached hydrogen (secondary N) is 1. The van der Waals surface area contributed by atoms with E-state index in [9.17, 15) is 8.42 Å². The molecule has 0 amide bonds. The van der Waals surface area contributed by atoms with Crippen LogP contribution in [0.2, 0.25) is 0 Å². The molecule has 0 spiro atoms. The van der Waals surface area contributed by atoms with E-state index in [2.05, 4.69) is 9.82 Å². The van der Waals surface area contributed by atoms with Gasteiger partial charge in [0.15, 0.2) is 0 Å². The monoisotopic (exact) mass is 343 g/mol. The Kier molecular flexibility index (Phi) is 5.82. The second-order valence-corrected chi connectivity index (χ2v) is 6.82. The van der Waals surface area contributed by atoms with E-state index in [1.807, 2.05) is 0 Å². The van der Waals surface area contributed by atoms with Gasteiger partial charge in [-0.2, -0.15) is 5.10 Å². The Hall–Kier alpha value is -1.57. The van der Waals surface area contributed by atoms with Gasteiger partial charge in [-0.25, -0.2) is 8.42 Å². The van der Waals surface area contributed by atoms with Crippen molar-refractivity contribution in [2.45, 2.75) is 24.3 Å². The van der Waals surface area contributed by atoms with Crippen LogP contribution >= 0.6 is 11.6 Å². The summed E-state index contributed by atoms with van der Waals surface area (Å²) in [5.41, 5.74) is 1.41. The van der Waals surface area contributed by atoms with Crippen molar-refractivity contribution in [2.24, 2.45) is 0 Å². The predicted molar refractivity (Wildman–Crippen MR) is 85.6 cm³/mol. The van der Waals surface area contributed by atoms with Crippen LogP contribution in [-0.2, 0) is 23.0 Å². The number of alkyl halides is 1. The number of halogens is 1. The lowest BCUT2D eigenvalue weighted by Crippen LogP contribution is -2.12. The van der Waals surface area contributed by atoms with Gasteiger partial charge in [-0.1, -0.05) is 12.1 Å². The van der Waals surface area contributed by atoms with E-state index >= 15 is 0 Å². The quantitative estimate of drug-likeness (QED) is 0.716. The Morgan fingerprint density at radius 1 is 1.27 bits per heavy atom. The molecule has 6 nitrogen and oxygen atoms in total. The minimum atomic E-state index is -3.64. The fraction of sp³-hybridized carbons (Fsp3) is 0.357. The molecule has 120 valence electrons. The first-order valence-electron chi connectivity index (χ1n) is 6.86. The summed E-state index contributed by atoms with van der Waals surface area (Å²) >= 11 is 5.64. The second-order valence-electron chi connectivity index (χ2n) is 4.76. The molecule has 0 radical (unpaired) electrons. The molecule has 2 rings (SSSR count). The number of rotatable bonds is 8. The van der Waals surface area contributed by atoms with Crippen LogP contribution in [0.25, 0.3) is 0 Å². The molecular formula is C14H18ClN3O3S. The van der Waals surface area contributed by atoms with Crippen LogP contribution in [0.3, 0.4) is 0 Å². The molecule has 1 heterocycles. The zero-order valence-corrected chi connectivity index (χ0v) is 13.5. The maximum absolute atomic E-state index is 12.3. The highest BCUT2D eigenvalue weighted by molar-refractivity contribution is 7.92. The smallest absolute Gasteiger partial charge is 0.261 e. The fourth-order valence-electron chi connectivity index (χ4n) is 1.96. The van der Waals surface area contributed by atoms with E-state index in [4.69, 9.17) is 16.7 Å². The molecule has 0 unspecified atom stereocenters. The normalized spacial score (nSPS) is 11.5. The van der Waals surface area contributed by atoms with Crippen molar-refractivity contribution in [3.05, 3.63) is 42.2 Å². The predicted octanol–water partition coefficient (Wildman–Crippen LogP) is 1.85. The van der Waals surface area contributed by atoms with Crippen LogP contribution in [0.5, 0.6) is 0 Å². The van der Waals surface area contributed by atoms with Gasteiger partial charge in [0.1, 0.15) is 0 Å². The standard InChI is InChI=1S/C14H18ClN3O3S/c15-7-1-2-12-3-5-14(6-4-12)22(20,21)17-13-10-16-18(11-13)8-9-19/h3-6,10-11,17,19H,1-2,7-9H2. The second kappa shape index (κ2) is 7.62. The molecule has 0 saturated heterocycles. The Labute approximate surface area is 134 Å². The molecule has 2 N–H and O–H groups in total. The van der Waals surface area contributed by atoms with Crippen molar-refractivity contribution in [3.63, 3.8) is 0 Å². The lowest BCUT2D eigenvalue weighted by Gasteiger charge is -2.07. The number of nitrogens with zero attached hydrogens (tertiary/aromatic N) is 2. The van der Waals surface area contributed by atoms with Gasteiger partial charge >= 0.3 is 0 Å². The van der Waals surface area contributed by atoms with Gasteiger partial charge in [0.2, 0.25) is 0 Å². The first kappa shape index (κ1) is 16.8. The highest BCUT2D eigenvalue weighted by atomic mass is 35.5. The van der Waals surface area contributed by atoms with E-state index in [0.29, 0.717) is 18.1 Å². The maximum Gasteiger partial charge on any atom is 0.261 e. The summed E-state index contributed by atoms with van der Waals surface area (Å²) < 4.78 is 28.5. The SMILES string of the molecule is O=S(=O)(Nc1cnn(CCO)c1)c1ccc(CCCCl)cc1. The minimum absolute atomic E-state index is 0.0579. The third-order valence-electron chi connectivity index (χ3n) is 3.05. The highest BCUT2D eigenvalue weighted by Gasteiger charge is 2.15. The van der Waals surface area contributed by atoms with Crippen molar-refractivity contribution in [1.29, 1.82) is 0 Å². The number of hydrogen-bond acceptors (Lipinski definition) is 4. The van der Waals surface area contributed by atoms with Crippen molar-refractivity contribution in [2.75, 3.05) is 17.2 Å². The van der Waals surface area contributed by atoms with E-state index in [-0.39, 0.29) is 11.5 Å². The number of aromatic nitrogens is 2. The van der Waals surface area contributed by atoms with Gasteiger partial charge in [0.25, 0.3) is 10.0 Å². The number of benzene rings is 1. The largest absolute Gasteiger partial charge is 0.394 e. The number of aliphatic hydroxyl groups is 1. The molecule has 8 heteroatoms. The van der Waals surface area contributed by atoms with Gasteiger partial charge in [-0.3, -0.25) is 9.40 Å². The molecule has 1 aromatic carbocycles. The van der Waals surface area contributed by atoms with E-state index in [1.165, 1.54) is 17.1 Å². The van der Waals surface area contributed by atoms with Crippen molar-refractivity contribution >= 4 is 27.3 Å². The number of aryl methyl sites for hydroxylation is 1. The van der Waals surface area contributed by atoms with Crippen molar-refractivity contribution in [1.82, 2.24) is 9.78 Å². The zero-order valence-electron chi connectivity index (χ0n) is 11.9. The van der Waals surface area contributed by atoms with Gasteiger partial charge in [-0.05, 0) is 30.5 Å². The fourth-order valence-corrected chi connectivity index (χ4v) is 3.12. The van der Waals surface area contributed by atoms with Crippen LogP contribution in [0.1, 0.15) is 12.0 Å². The summed E-state index contributed by atoms with van der Waals surface area (Å²) in [4.78, 5) is 0.192. The third kappa shape index (κ3) is 4.46. The average molecular weight is 344 g/mol. The summed E-state index contributed by atoms with van der Waals surface area (Å²) in [7, 11) is -3.64. The first-order chi connectivity index (χ1) is 10.5. The maximum atomic E-state index is 12.3. The van der Waals surface area contributed by atoms with Crippen molar-refractivity contribution < 1.29 is 13.5 Å². The Morgan fingerprint density at radius 2 is 2.00 bits per heavy atom. The molecule has 0 atom stereocenters. The molecule has 1 aromatic heterocycles. The molecule has 2 aromatic rings. The summed E-state index contributed by atoms with van der Waals surface area (Å²) in [6, 6.07) is 6.72. The average Bonchev–Trinajstić information content (AvgIpc) is 2.92. The molecule has 0 aliphatic rings. The molecule has 0 fully saturated rings. The van der Waals surface area contributed by atoms with Crippen molar-refractivity contribution in [3.8, 4) is 0 Å². The lowest BCUT2D eigenvalue weighted by atomic mass is 10.1. The van der Waals surface area contributed by atoms with Crippen LogP contribution in [0.4, 0.5) is 5.69 Å². The molecule has 0 aliphatic carbocycles. The first-order valence-corrected chi connectivity index (χ1v) is 8.88. The number of aliphatic hydroxyl groups excluding tert-OH is 1. The van der Waals surface area contributed by atoms with Crippen LogP contribution in [0.15, 0.2) is 41.6 Å². The molecular weight excluding hydrogens is 326 g/mol. The van der Waals surface area contributed by atoms with E-state index < -0.39 is 10.0 Å². The van der Waals surface area contributed by atoms with Crippen LogP contribution < -0.4 is 4.72 Å². The third-order valence-corrected chi connectivity index (χ3v) is 4.71. The highest BCUT2D eigenvalue weighted by Crippen LogP contribution is 2.16. The van der Waals surface area contributed by atoms with Crippen LogP contribution in [-0.4, -0.2) is 35.8 Å². The molecule has 0 aliphatic heterocycles. The van der Waals surface area contributed by atoms with E-state index in [1.54, 1.807) is 24.3 Å². The summed E-state index contributed by atoms with van der Waals surface area (Å²) in [5.74, 6) is 0.583. The summed E-state index contributed by atoms with van der Waals surface area (Å²) in [6.45, 7) is 0.259. The van der Waals surface area contributed by atoms with Gasteiger partial charge < -0.3 is 5.11 Å². The van der Waals surface area contributed by atoms with Gasteiger partial charge in [0.05, 0.1) is 29.9 Å². The molecule has 0 bridgehead atoms. The zero-order chi connectivity index (χ0) is 16.0. The topological polar surface area (TPSA) is 84.2 Å². The summed E-state index contributed by atoms with van der Waals surface area (Å²) in [5, 5.41) is 12.8. The summed E-state index contributed by atoms with van der Waals surface area (Å²) in [6.07, 6.45) is 4.62. The Morgan fingerprint density at radius 3 is 2.64 bits per heavy atom. The van der Waals surface area contributed by atoms with E-state index in [0.717, 1.165) is 18.4 Å². The lowest BCUT2D eigenvalue weighted by molar-refractivity contribution is 0.269. The number of anilines is 1. The molecule has 0 saturated carbocycles. The number of sulfonamides is 1. The van der Waals surface area contributed by atoms with Crippen LogP contribution in [0, 0.1) is 0 Å². The van der Waals surface area contributed by atoms with Gasteiger partial charge in [-0.15, -0.1) is 11.6 Å². The number of hydrogen-bond donors (Lipinski definition) is 2. The van der Waals surface area contributed by atoms with Gasteiger partial charge in [0, 0.05) is 12.1 Å². The Balaban J connectivity index is 2.08.